The van der Waals surface area contributed by atoms with Crippen molar-refractivity contribution in [3.63, 3.8) is 0 Å². The SMILES string of the molecule is Cc1ccccc1-n1nccc1NC(=O)NC1CCCCC1O. The van der Waals surface area contributed by atoms with Gasteiger partial charge in [-0.25, -0.2) is 9.48 Å². The summed E-state index contributed by atoms with van der Waals surface area (Å²) in [5, 5.41) is 19.9. The second-order valence-corrected chi connectivity index (χ2v) is 5.97. The zero-order chi connectivity index (χ0) is 16.2. The second-order valence-electron chi connectivity index (χ2n) is 5.97. The van der Waals surface area contributed by atoms with E-state index in [9.17, 15) is 9.90 Å². The number of aromatic nitrogens is 2. The van der Waals surface area contributed by atoms with Crippen molar-refractivity contribution in [2.45, 2.75) is 44.8 Å². The number of anilines is 1. The molecule has 0 aliphatic heterocycles. The van der Waals surface area contributed by atoms with Gasteiger partial charge < -0.3 is 10.4 Å². The molecule has 2 atom stereocenters. The molecule has 3 N–H and O–H groups in total. The minimum Gasteiger partial charge on any atom is -0.391 e. The van der Waals surface area contributed by atoms with Crippen LogP contribution in [0.25, 0.3) is 5.69 Å². The summed E-state index contributed by atoms with van der Waals surface area (Å²) in [5.74, 6) is 0.599. The third kappa shape index (κ3) is 3.53. The zero-order valence-corrected chi connectivity index (χ0v) is 13.2. The van der Waals surface area contributed by atoms with Crippen molar-refractivity contribution in [3.8, 4) is 5.69 Å². The Morgan fingerprint density at radius 1 is 1.26 bits per heavy atom. The largest absolute Gasteiger partial charge is 0.391 e. The highest BCUT2D eigenvalue weighted by Crippen LogP contribution is 2.20. The molecule has 1 aromatic carbocycles. The van der Waals surface area contributed by atoms with Crippen molar-refractivity contribution in [2.75, 3.05) is 5.32 Å². The van der Waals surface area contributed by atoms with Gasteiger partial charge >= 0.3 is 6.03 Å². The van der Waals surface area contributed by atoms with Crippen molar-refractivity contribution < 1.29 is 9.90 Å². The molecule has 2 unspecified atom stereocenters. The van der Waals surface area contributed by atoms with Gasteiger partial charge in [-0.15, -0.1) is 0 Å². The minimum absolute atomic E-state index is 0.182. The number of amides is 2. The maximum Gasteiger partial charge on any atom is 0.320 e. The third-order valence-corrected chi connectivity index (χ3v) is 4.27. The number of aliphatic hydroxyl groups is 1. The van der Waals surface area contributed by atoms with Gasteiger partial charge in [0.15, 0.2) is 0 Å². The van der Waals surface area contributed by atoms with Gasteiger partial charge in [0.2, 0.25) is 0 Å². The first kappa shape index (κ1) is 15.6. The molecule has 1 aliphatic carbocycles. The molecule has 0 bridgehead atoms. The van der Waals surface area contributed by atoms with Crippen LogP contribution in [0.1, 0.15) is 31.2 Å². The van der Waals surface area contributed by atoms with E-state index in [0.717, 1.165) is 36.9 Å². The molecule has 23 heavy (non-hydrogen) atoms. The van der Waals surface area contributed by atoms with Crippen LogP contribution >= 0.6 is 0 Å². The molecule has 0 radical (unpaired) electrons. The summed E-state index contributed by atoms with van der Waals surface area (Å²) < 4.78 is 1.70. The Morgan fingerprint density at radius 3 is 2.83 bits per heavy atom. The van der Waals surface area contributed by atoms with E-state index < -0.39 is 6.10 Å². The van der Waals surface area contributed by atoms with Gasteiger partial charge in [-0.05, 0) is 31.4 Å². The van der Waals surface area contributed by atoms with Gasteiger partial charge in [-0.3, -0.25) is 5.32 Å². The Bertz CT molecular complexity index is 683. The van der Waals surface area contributed by atoms with Crippen LogP contribution in [0.2, 0.25) is 0 Å². The van der Waals surface area contributed by atoms with E-state index >= 15 is 0 Å². The summed E-state index contributed by atoms with van der Waals surface area (Å²) in [5.41, 5.74) is 1.99. The summed E-state index contributed by atoms with van der Waals surface area (Å²) >= 11 is 0. The Labute approximate surface area is 135 Å². The first-order valence-corrected chi connectivity index (χ1v) is 8.01. The van der Waals surface area contributed by atoms with Crippen LogP contribution in [0.15, 0.2) is 36.5 Å². The number of aryl methyl sites for hydroxylation is 1. The number of nitrogens with one attached hydrogen (secondary N) is 2. The molecule has 1 heterocycles. The van der Waals surface area contributed by atoms with Gasteiger partial charge in [0.05, 0.1) is 24.0 Å². The Morgan fingerprint density at radius 2 is 2.04 bits per heavy atom. The van der Waals surface area contributed by atoms with Crippen LogP contribution in [0.4, 0.5) is 10.6 Å². The van der Waals surface area contributed by atoms with Crippen molar-refractivity contribution >= 4 is 11.8 Å². The third-order valence-electron chi connectivity index (χ3n) is 4.27. The quantitative estimate of drug-likeness (QED) is 0.815. The van der Waals surface area contributed by atoms with E-state index in [2.05, 4.69) is 15.7 Å². The van der Waals surface area contributed by atoms with Crippen LogP contribution in [0.3, 0.4) is 0 Å². The fourth-order valence-corrected chi connectivity index (χ4v) is 2.99. The summed E-state index contributed by atoms with van der Waals surface area (Å²) in [6.07, 6.45) is 4.79. The molecule has 6 nitrogen and oxygen atoms in total. The smallest absolute Gasteiger partial charge is 0.320 e. The molecule has 0 spiro atoms. The summed E-state index contributed by atoms with van der Waals surface area (Å²) in [6.45, 7) is 2.00. The minimum atomic E-state index is -0.462. The number of hydrogen-bond acceptors (Lipinski definition) is 3. The standard InChI is InChI=1S/C17H22N4O2/c1-12-6-2-4-8-14(12)21-16(10-11-18-21)20-17(23)19-13-7-3-5-9-15(13)22/h2,4,6,8,10-11,13,15,22H,3,5,7,9H2,1H3,(H2,19,20,23). The fourth-order valence-electron chi connectivity index (χ4n) is 2.99. The number of rotatable bonds is 3. The molecule has 2 amide bonds. The van der Waals surface area contributed by atoms with E-state index in [1.165, 1.54) is 0 Å². The monoisotopic (exact) mass is 314 g/mol. The van der Waals surface area contributed by atoms with E-state index in [0.29, 0.717) is 5.82 Å². The van der Waals surface area contributed by atoms with Crippen LogP contribution < -0.4 is 10.6 Å². The summed E-state index contributed by atoms with van der Waals surface area (Å²) in [4.78, 5) is 12.2. The lowest BCUT2D eigenvalue weighted by Crippen LogP contribution is -2.46. The summed E-state index contributed by atoms with van der Waals surface area (Å²) in [7, 11) is 0. The highest BCUT2D eigenvalue weighted by atomic mass is 16.3. The highest BCUT2D eigenvalue weighted by Gasteiger charge is 2.24. The molecule has 1 fully saturated rings. The number of urea groups is 1. The van der Waals surface area contributed by atoms with Gasteiger partial charge in [0.25, 0.3) is 0 Å². The fraction of sp³-hybridized carbons (Fsp3) is 0.412. The topological polar surface area (TPSA) is 79.2 Å². The average Bonchev–Trinajstić information content (AvgIpc) is 2.98. The predicted octanol–water partition coefficient (Wildman–Crippen LogP) is 2.61. The number of nitrogens with zero attached hydrogens (tertiary/aromatic N) is 2. The zero-order valence-electron chi connectivity index (χ0n) is 13.2. The normalized spacial score (nSPS) is 21.0. The van der Waals surface area contributed by atoms with E-state index in [1.54, 1.807) is 16.9 Å². The maximum atomic E-state index is 12.2. The van der Waals surface area contributed by atoms with Crippen LogP contribution in [-0.4, -0.2) is 33.1 Å². The Kier molecular flexibility index (Phi) is 4.62. The molecule has 122 valence electrons. The first-order chi connectivity index (χ1) is 11.1. The lowest BCUT2D eigenvalue weighted by atomic mass is 9.93. The van der Waals surface area contributed by atoms with Crippen molar-refractivity contribution in [3.05, 3.63) is 42.1 Å². The molecule has 1 aromatic heterocycles. The van der Waals surface area contributed by atoms with Crippen LogP contribution in [-0.2, 0) is 0 Å². The van der Waals surface area contributed by atoms with Crippen molar-refractivity contribution in [1.82, 2.24) is 15.1 Å². The number of hydrogen-bond donors (Lipinski definition) is 3. The number of carbonyl (C=O) groups is 1. The second kappa shape index (κ2) is 6.83. The van der Waals surface area contributed by atoms with Gasteiger partial charge in [-0.2, -0.15) is 5.10 Å². The number of para-hydroxylation sites is 1. The number of carbonyl (C=O) groups excluding carboxylic acids is 1. The molecule has 2 aromatic rings. The van der Waals surface area contributed by atoms with Crippen molar-refractivity contribution in [2.24, 2.45) is 0 Å². The molecular weight excluding hydrogens is 292 g/mol. The first-order valence-electron chi connectivity index (χ1n) is 8.01. The maximum absolute atomic E-state index is 12.2. The van der Waals surface area contributed by atoms with Crippen molar-refractivity contribution in [1.29, 1.82) is 0 Å². The Hall–Kier alpha value is -2.34. The van der Waals surface area contributed by atoms with Gasteiger partial charge in [0, 0.05) is 6.07 Å². The van der Waals surface area contributed by atoms with E-state index in [-0.39, 0.29) is 12.1 Å². The molecule has 6 heteroatoms. The molecule has 3 rings (SSSR count). The van der Waals surface area contributed by atoms with Gasteiger partial charge in [-0.1, -0.05) is 31.0 Å². The molecule has 1 aliphatic rings. The molecule has 0 saturated heterocycles. The lowest BCUT2D eigenvalue weighted by Gasteiger charge is -2.28. The van der Waals surface area contributed by atoms with Crippen LogP contribution in [0.5, 0.6) is 0 Å². The highest BCUT2D eigenvalue weighted by molar-refractivity contribution is 5.88. The predicted molar refractivity (Wildman–Crippen MR) is 88.7 cm³/mol. The number of aliphatic hydroxyl groups excluding tert-OH is 1. The van der Waals surface area contributed by atoms with E-state index in [4.69, 9.17) is 0 Å². The van der Waals surface area contributed by atoms with Gasteiger partial charge in [0.1, 0.15) is 5.82 Å². The molecule has 1 saturated carbocycles. The summed E-state index contributed by atoms with van der Waals surface area (Å²) in [6, 6.07) is 9.11. The van der Waals surface area contributed by atoms with Crippen LogP contribution in [0, 0.1) is 6.92 Å². The lowest BCUT2D eigenvalue weighted by molar-refractivity contribution is 0.0955. The molecular formula is C17H22N4O2. The number of benzene rings is 1. The average molecular weight is 314 g/mol. The van der Waals surface area contributed by atoms with E-state index in [1.807, 2.05) is 31.2 Å². The Balaban J connectivity index is 1.70.